The van der Waals surface area contributed by atoms with Crippen LogP contribution in [0.15, 0.2) is 57.7 Å². The van der Waals surface area contributed by atoms with Gasteiger partial charge in [-0.2, -0.15) is 0 Å². The number of aryl methyl sites for hydroxylation is 1. The maximum Gasteiger partial charge on any atom is 0.336 e. The Kier molecular flexibility index (Phi) is 4.75. The van der Waals surface area contributed by atoms with E-state index < -0.39 is 5.63 Å². The number of carbonyl (C=O) groups is 1. The number of amides is 1. The fourth-order valence-electron chi connectivity index (χ4n) is 4.26. The third-order valence-corrected chi connectivity index (χ3v) is 6.03. The second kappa shape index (κ2) is 7.59. The van der Waals surface area contributed by atoms with Gasteiger partial charge in [0.15, 0.2) is 0 Å². The summed E-state index contributed by atoms with van der Waals surface area (Å²) in [6.07, 6.45) is 0. The van der Waals surface area contributed by atoms with Gasteiger partial charge in [-0.25, -0.2) is 4.79 Å². The first-order valence-electron chi connectivity index (χ1n) is 10.3. The van der Waals surface area contributed by atoms with Crippen molar-refractivity contribution < 1.29 is 14.3 Å². The van der Waals surface area contributed by atoms with E-state index in [9.17, 15) is 14.7 Å². The number of carbonyl (C=O) groups excluding carboxylic acids is 1. The van der Waals surface area contributed by atoms with E-state index in [1.54, 1.807) is 19.1 Å². The van der Waals surface area contributed by atoms with Crippen LogP contribution in [0.3, 0.4) is 0 Å². The first-order valence-corrected chi connectivity index (χ1v) is 10.3. The molecule has 1 amide bonds. The highest BCUT2D eigenvalue weighted by Gasteiger charge is 2.24. The number of phenols is 1. The van der Waals surface area contributed by atoms with Crippen molar-refractivity contribution >= 4 is 27.8 Å². The molecule has 2 aromatic heterocycles. The molecule has 0 aliphatic carbocycles. The van der Waals surface area contributed by atoms with Crippen LogP contribution in [0, 0.1) is 6.92 Å². The third-order valence-electron chi connectivity index (χ3n) is 6.03. The van der Waals surface area contributed by atoms with Gasteiger partial charge in [-0.15, -0.1) is 0 Å². The van der Waals surface area contributed by atoms with Crippen molar-refractivity contribution in [1.82, 2.24) is 14.8 Å². The van der Waals surface area contributed by atoms with Crippen LogP contribution < -0.4 is 5.63 Å². The Morgan fingerprint density at radius 1 is 1.10 bits per heavy atom. The Balaban J connectivity index is 1.30. The maximum atomic E-state index is 12.9. The predicted molar refractivity (Wildman–Crippen MR) is 118 cm³/mol. The van der Waals surface area contributed by atoms with Crippen LogP contribution in [-0.2, 0) is 6.54 Å². The minimum absolute atomic E-state index is 0.00718. The maximum absolute atomic E-state index is 12.9. The van der Waals surface area contributed by atoms with Gasteiger partial charge in [0.05, 0.1) is 0 Å². The van der Waals surface area contributed by atoms with E-state index in [4.69, 9.17) is 4.42 Å². The molecule has 2 N–H and O–H groups in total. The smallest absolute Gasteiger partial charge is 0.336 e. The molecule has 1 aliphatic heterocycles. The molecule has 1 aliphatic rings. The lowest BCUT2D eigenvalue weighted by atomic mass is 10.1. The lowest BCUT2D eigenvalue weighted by molar-refractivity contribution is 0.0624. The van der Waals surface area contributed by atoms with Gasteiger partial charge in [0.25, 0.3) is 5.91 Å². The van der Waals surface area contributed by atoms with Crippen LogP contribution >= 0.6 is 0 Å². The predicted octanol–water partition coefficient (Wildman–Crippen LogP) is 3.25. The number of benzene rings is 2. The first-order chi connectivity index (χ1) is 15.0. The highest BCUT2D eigenvalue weighted by Crippen LogP contribution is 2.28. The molecule has 0 spiro atoms. The van der Waals surface area contributed by atoms with Gasteiger partial charge >= 0.3 is 5.63 Å². The number of hydrogen-bond acceptors (Lipinski definition) is 5. The summed E-state index contributed by atoms with van der Waals surface area (Å²) < 4.78 is 5.34. The van der Waals surface area contributed by atoms with Crippen LogP contribution in [0.1, 0.15) is 21.6 Å². The molecule has 3 heterocycles. The molecule has 0 bridgehead atoms. The number of nitrogens with zero attached hydrogens (tertiary/aromatic N) is 2. The molecular weight excluding hydrogens is 394 g/mol. The zero-order valence-electron chi connectivity index (χ0n) is 17.2. The molecule has 0 atom stereocenters. The van der Waals surface area contributed by atoms with E-state index in [1.807, 2.05) is 35.2 Å². The van der Waals surface area contributed by atoms with Crippen LogP contribution in [-0.4, -0.2) is 52.0 Å². The van der Waals surface area contributed by atoms with Crippen LogP contribution in [0.2, 0.25) is 0 Å². The molecule has 1 fully saturated rings. The molecule has 5 rings (SSSR count). The number of aromatic amines is 1. The summed E-state index contributed by atoms with van der Waals surface area (Å²) in [5, 5.41) is 11.8. The molecule has 0 unspecified atom stereocenters. The van der Waals surface area contributed by atoms with Gasteiger partial charge < -0.3 is 19.4 Å². The molecule has 4 aromatic rings. The summed E-state index contributed by atoms with van der Waals surface area (Å²) in [7, 11) is 0. The Morgan fingerprint density at radius 2 is 1.87 bits per heavy atom. The van der Waals surface area contributed by atoms with Crippen LogP contribution in [0.4, 0.5) is 0 Å². The number of hydrogen-bond donors (Lipinski definition) is 2. The zero-order valence-corrected chi connectivity index (χ0v) is 17.2. The first kappa shape index (κ1) is 19.4. The number of phenolic OH excluding ortho intramolecular Hbond substituents is 1. The number of rotatable bonds is 3. The van der Waals surface area contributed by atoms with Crippen molar-refractivity contribution in [3.8, 4) is 5.75 Å². The SMILES string of the molecule is Cc1c(O)ccc2c(CN3CCN(C(=O)c4cc5ccccc5[nH]4)CC3)cc(=O)oc12. The van der Waals surface area contributed by atoms with Gasteiger partial charge in [-0.05, 0) is 36.8 Å². The van der Waals surface area contributed by atoms with E-state index >= 15 is 0 Å². The largest absolute Gasteiger partial charge is 0.508 e. The Hall–Kier alpha value is -3.58. The number of nitrogens with one attached hydrogen (secondary N) is 1. The van der Waals surface area contributed by atoms with E-state index in [-0.39, 0.29) is 11.7 Å². The van der Waals surface area contributed by atoms with Crippen molar-refractivity contribution in [2.45, 2.75) is 13.5 Å². The number of aromatic nitrogens is 1. The summed E-state index contributed by atoms with van der Waals surface area (Å²) in [6.45, 7) is 4.98. The molecule has 31 heavy (non-hydrogen) atoms. The lowest BCUT2D eigenvalue weighted by Gasteiger charge is -2.34. The minimum Gasteiger partial charge on any atom is -0.508 e. The van der Waals surface area contributed by atoms with Gasteiger partial charge in [0, 0.05) is 60.6 Å². The highest BCUT2D eigenvalue weighted by molar-refractivity contribution is 5.98. The van der Waals surface area contributed by atoms with Gasteiger partial charge in [-0.1, -0.05) is 18.2 Å². The molecule has 1 saturated heterocycles. The molecule has 0 saturated carbocycles. The standard InChI is InChI=1S/C24H23N3O4/c1-15-21(28)7-6-18-17(13-22(29)31-23(15)18)14-26-8-10-27(11-9-26)24(30)20-12-16-4-2-3-5-19(16)25-20/h2-7,12-13,25,28H,8-11,14H2,1H3. The molecule has 0 radical (unpaired) electrons. The van der Waals surface area contributed by atoms with Crippen LogP contribution in [0.25, 0.3) is 21.9 Å². The molecule has 7 heteroatoms. The molecule has 7 nitrogen and oxygen atoms in total. The van der Waals surface area contributed by atoms with E-state index in [1.165, 1.54) is 6.07 Å². The van der Waals surface area contributed by atoms with Crippen molar-refractivity contribution in [3.05, 3.63) is 75.8 Å². The van der Waals surface area contributed by atoms with E-state index in [2.05, 4.69) is 9.88 Å². The Labute approximate surface area is 178 Å². The topological polar surface area (TPSA) is 89.8 Å². The lowest BCUT2D eigenvalue weighted by Crippen LogP contribution is -2.48. The van der Waals surface area contributed by atoms with Gasteiger partial charge in [-0.3, -0.25) is 9.69 Å². The molecular formula is C24H23N3O4. The highest BCUT2D eigenvalue weighted by atomic mass is 16.4. The van der Waals surface area contributed by atoms with Crippen molar-refractivity contribution in [3.63, 3.8) is 0 Å². The third kappa shape index (κ3) is 3.57. The van der Waals surface area contributed by atoms with Crippen molar-refractivity contribution in [2.24, 2.45) is 0 Å². The van der Waals surface area contributed by atoms with Gasteiger partial charge in [0.2, 0.25) is 0 Å². The summed E-state index contributed by atoms with van der Waals surface area (Å²) in [5.41, 5.74) is 2.99. The monoisotopic (exact) mass is 417 g/mol. The number of H-pyrrole nitrogens is 1. The Morgan fingerprint density at radius 3 is 2.65 bits per heavy atom. The van der Waals surface area contributed by atoms with Crippen molar-refractivity contribution in [1.29, 1.82) is 0 Å². The molecule has 2 aromatic carbocycles. The number of piperazine rings is 1. The van der Waals surface area contributed by atoms with E-state index in [0.29, 0.717) is 49.6 Å². The van der Waals surface area contributed by atoms with Crippen molar-refractivity contribution in [2.75, 3.05) is 26.2 Å². The summed E-state index contributed by atoms with van der Waals surface area (Å²) >= 11 is 0. The summed E-state index contributed by atoms with van der Waals surface area (Å²) in [6, 6.07) is 14.7. The normalized spacial score (nSPS) is 15.1. The fraction of sp³-hybridized carbons (Fsp3) is 0.250. The Bertz CT molecular complexity index is 1310. The van der Waals surface area contributed by atoms with Gasteiger partial charge in [0.1, 0.15) is 17.0 Å². The van der Waals surface area contributed by atoms with Crippen LogP contribution in [0.5, 0.6) is 5.75 Å². The number of aromatic hydroxyl groups is 1. The summed E-state index contributed by atoms with van der Waals surface area (Å²) in [5.74, 6) is 0.115. The minimum atomic E-state index is -0.427. The molecule has 158 valence electrons. The van der Waals surface area contributed by atoms with E-state index in [0.717, 1.165) is 21.9 Å². The second-order valence-electron chi connectivity index (χ2n) is 8.02. The quantitative estimate of drug-likeness (QED) is 0.500. The average Bonchev–Trinajstić information content (AvgIpc) is 3.21. The number of fused-ring (bicyclic) bond motifs is 2. The number of para-hydroxylation sites is 1. The fourth-order valence-corrected chi connectivity index (χ4v) is 4.26. The summed E-state index contributed by atoms with van der Waals surface area (Å²) in [4.78, 5) is 32.3. The second-order valence-corrected chi connectivity index (χ2v) is 8.02. The zero-order chi connectivity index (χ0) is 21.5. The average molecular weight is 417 g/mol.